The van der Waals surface area contributed by atoms with Crippen molar-refractivity contribution < 1.29 is 18.0 Å². The van der Waals surface area contributed by atoms with Gasteiger partial charge in [-0.05, 0) is 18.6 Å². The molecule has 3 rings (SSSR count). The number of hydrogen-bond acceptors (Lipinski definition) is 4. The van der Waals surface area contributed by atoms with Crippen LogP contribution in [0.1, 0.15) is 12.8 Å². The molecule has 0 aromatic heterocycles. The van der Waals surface area contributed by atoms with E-state index in [9.17, 15) is 18.0 Å². The maximum absolute atomic E-state index is 12.4. The van der Waals surface area contributed by atoms with Crippen molar-refractivity contribution >= 4 is 50.5 Å². The molecule has 130 valence electrons. The molecule has 2 atom stereocenters. The summed E-state index contributed by atoms with van der Waals surface area (Å²) in [6.07, 6.45) is 0.489. The van der Waals surface area contributed by atoms with Crippen LogP contribution in [0.3, 0.4) is 0 Å². The first-order chi connectivity index (χ1) is 11.3. The van der Waals surface area contributed by atoms with E-state index in [2.05, 4.69) is 5.32 Å². The minimum atomic E-state index is -3.08. The third kappa shape index (κ3) is 3.53. The number of anilines is 1. The highest BCUT2D eigenvalue weighted by Crippen LogP contribution is 2.32. The third-order valence-electron chi connectivity index (χ3n) is 4.39. The number of likely N-dealkylation sites (tertiary alicyclic amines) is 1. The van der Waals surface area contributed by atoms with Gasteiger partial charge in [-0.3, -0.25) is 9.59 Å². The minimum Gasteiger partial charge on any atom is -0.338 e. The first-order valence-electron chi connectivity index (χ1n) is 7.51. The Labute approximate surface area is 150 Å². The molecule has 9 heteroatoms. The molecule has 6 nitrogen and oxygen atoms in total. The van der Waals surface area contributed by atoms with E-state index in [0.29, 0.717) is 22.2 Å². The number of nitrogens with zero attached hydrogens (tertiary/aromatic N) is 1. The van der Waals surface area contributed by atoms with Crippen molar-refractivity contribution in [3.05, 3.63) is 28.2 Å². The van der Waals surface area contributed by atoms with Gasteiger partial charge in [0.2, 0.25) is 11.8 Å². The van der Waals surface area contributed by atoms with Crippen LogP contribution in [0.2, 0.25) is 10.0 Å². The number of halogens is 2. The van der Waals surface area contributed by atoms with Crippen LogP contribution in [0.4, 0.5) is 5.69 Å². The fourth-order valence-corrected chi connectivity index (χ4v) is 5.35. The van der Waals surface area contributed by atoms with Crippen LogP contribution in [0, 0.1) is 5.92 Å². The molecule has 0 saturated carbocycles. The Morgan fingerprint density at radius 2 is 1.92 bits per heavy atom. The molecule has 2 aliphatic heterocycles. The van der Waals surface area contributed by atoms with Crippen molar-refractivity contribution in [1.82, 2.24) is 4.90 Å². The van der Waals surface area contributed by atoms with Gasteiger partial charge in [0.05, 0.1) is 33.2 Å². The molecule has 2 heterocycles. The average molecular weight is 391 g/mol. The first kappa shape index (κ1) is 17.5. The van der Waals surface area contributed by atoms with Crippen molar-refractivity contribution in [2.24, 2.45) is 5.92 Å². The van der Waals surface area contributed by atoms with E-state index in [1.807, 2.05) is 0 Å². The normalized spacial score (nSPS) is 25.9. The van der Waals surface area contributed by atoms with Crippen LogP contribution in [0.15, 0.2) is 18.2 Å². The lowest BCUT2D eigenvalue weighted by Gasteiger charge is -2.23. The summed E-state index contributed by atoms with van der Waals surface area (Å²) >= 11 is 12.1. The standard InChI is InChI=1S/C15H16Cl2N2O4S/c16-11-2-1-3-12(17)14(11)18-15(21)9-6-13(20)19(7-9)10-4-5-24(22,23)8-10/h1-3,9-10H,4-8H2,(H,18,21). The van der Waals surface area contributed by atoms with E-state index in [-0.39, 0.29) is 42.3 Å². The summed E-state index contributed by atoms with van der Waals surface area (Å²) in [4.78, 5) is 26.1. The molecule has 0 radical (unpaired) electrons. The molecule has 2 fully saturated rings. The molecule has 1 N–H and O–H groups in total. The molecule has 2 unspecified atom stereocenters. The lowest BCUT2D eigenvalue weighted by atomic mass is 10.1. The summed E-state index contributed by atoms with van der Waals surface area (Å²) in [7, 11) is -3.08. The van der Waals surface area contributed by atoms with Gasteiger partial charge in [0, 0.05) is 19.0 Å². The SMILES string of the molecule is O=C(Nc1c(Cl)cccc1Cl)C1CC(=O)N(C2CCS(=O)(=O)C2)C1. The fourth-order valence-electron chi connectivity index (χ4n) is 3.12. The second-order valence-electron chi connectivity index (χ2n) is 6.09. The van der Waals surface area contributed by atoms with Crippen LogP contribution in [-0.4, -0.2) is 49.2 Å². The Morgan fingerprint density at radius 3 is 2.50 bits per heavy atom. The number of nitrogens with one attached hydrogen (secondary N) is 1. The molecule has 0 aliphatic carbocycles. The van der Waals surface area contributed by atoms with Crippen molar-refractivity contribution in [3.63, 3.8) is 0 Å². The lowest BCUT2D eigenvalue weighted by molar-refractivity contribution is -0.129. The molecule has 2 amide bonds. The maximum Gasteiger partial charge on any atom is 0.229 e. The van der Waals surface area contributed by atoms with E-state index < -0.39 is 15.8 Å². The molecule has 2 aliphatic rings. The van der Waals surface area contributed by atoms with Crippen LogP contribution in [0.25, 0.3) is 0 Å². The van der Waals surface area contributed by atoms with Crippen molar-refractivity contribution in [2.75, 3.05) is 23.4 Å². The van der Waals surface area contributed by atoms with Crippen molar-refractivity contribution in [1.29, 1.82) is 0 Å². The van der Waals surface area contributed by atoms with Gasteiger partial charge in [-0.25, -0.2) is 8.42 Å². The number of carbonyl (C=O) groups is 2. The van der Waals surface area contributed by atoms with Gasteiger partial charge in [-0.15, -0.1) is 0 Å². The quantitative estimate of drug-likeness (QED) is 0.854. The predicted octanol–water partition coefficient (Wildman–Crippen LogP) is 1.97. The first-order valence-corrected chi connectivity index (χ1v) is 10.1. The topological polar surface area (TPSA) is 83.6 Å². The van der Waals surface area contributed by atoms with Gasteiger partial charge in [0.1, 0.15) is 0 Å². The maximum atomic E-state index is 12.4. The van der Waals surface area contributed by atoms with Crippen LogP contribution >= 0.6 is 23.2 Å². The van der Waals surface area contributed by atoms with Gasteiger partial charge < -0.3 is 10.2 Å². The Bertz CT molecular complexity index is 776. The second-order valence-corrected chi connectivity index (χ2v) is 9.13. The smallest absolute Gasteiger partial charge is 0.229 e. The van der Waals surface area contributed by atoms with Gasteiger partial charge in [-0.2, -0.15) is 0 Å². The number of sulfone groups is 1. The highest BCUT2D eigenvalue weighted by atomic mass is 35.5. The van der Waals surface area contributed by atoms with E-state index in [1.165, 1.54) is 4.90 Å². The summed E-state index contributed by atoms with van der Waals surface area (Å²) < 4.78 is 23.2. The summed E-state index contributed by atoms with van der Waals surface area (Å²) in [5.41, 5.74) is 0.320. The summed E-state index contributed by atoms with van der Waals surface area (Å²) in [5, 5.41) is 3.31. The molecule has 24 heavy (non-hydrogen) atoms. The fraction of sp³-hybridized carbons (Fsp3) is 0.467. The highest BCUT2D eigenvalue weighted by molar-refractivity contribution is 7.91. The zero-order valence-electron chi connectivity index (χ0n) is 12.7. The van der Waals surface area contributed by atoms with Gasteiger partial charge >= 0.3 is 0 Å². The summed E-state index contributed by atoms with van der Waals surface area (Å²) in [5.74, 6) is -1.02. The lowest BCUT2D eigenvalue weighted by Crippen LogP contribution is -2.38. The molecular formula is C15H16Cl2N2O4S. The molecule has 1 aromatic carbocycles. The monoisotopic (exact) mass is 390 g/mol. The Kier molecular flexibility index (Phi) is 4.77. The van der Waals surface area contributed by atoms with E-state index in [0.717, 1.165) is 0 Å². The summed E-state index contributed by atoms with van der Waals surface area (Å²) in [6.45, 7) is 0.215. The average Bonchev–Trinajstić information content (AvgIpc) is 3.05. The minimum absolute atomic E-state index is 0.0244. The number of hydrogen-bond donors (Lipinski definition) is 1. The zero-order chi connectivity index (χ0) is 17.5. The van der Waals surface area contributed by atoms with Crippen LogP contribution in [-0.2, 0) is 19.4 Å². The predicted molar refractivity (Wildman–Crippen MR) is 92.0 cm³/mol. The highest BCUT2D eigenvalue weighted by Gasteiger charge is 2.42. The largest absolute Gasteiger partial charge is 0.338 e. The van der Waals surface area contributed by atoms with Crippen molar-refractivity contribution in [2.45, 2.75) is 18.9 Å². The van der Waals surface area contributed by atoms with Gasteiger partial charge in [0.15, 0.2) is 9.84 Å². The van der Waals surface area contributed by atoms with E-state index in [4.69, 9.17) is 23.2 Å². The molecule has 0 spiro atoms. The van der Waals surface area contributed by atoms with E-state index >= 15 is 0 Å². The van der Waals surface area contributed by atoms with Gasteiger partial charge in [0.25, 0.3) is 0 Å². The zero-order valence-corrected chi connectivity index (χ0v) is 15.0. The Balaban J connectivity index is 1.68. The Morgan fingerprint density at radius 1 is 1.25 bits per heavy atom. The molecular weight excluding hydrogens is 375 g/mol. The molecule has 1 aromatic rings. The second kappa shape index (κ2) is 6.54. The number of rotatable bonds is 3. The molecule has 0 bridgehead atoms. The number of benzene rings is 1. The van der Waals surface area contributed by atoms with E-state index in [1.54, 1.807) is 18.2 Å². The summed E-state index contributed by atoms with van der Waals surface area (Å²) in [6, 6.07) is 4.56. The third-order valence-corrected chi connectivity index (χ3v) is 6.77. The number of carbonyl (C=O) groups excluding carboxylic acids is 2. The van der Waals surface area contributed by atoms with Crippen molar-refractivity contribution in [3.8, 4) is 0 Å². The molecule has 2 saturated heterocycles. The number of amides is 2. The van der Waals surface area contributed by atoms with Crippen LogP contribution < -0.4 is 5.32 Å². The van der Waals surface area contributed by atoms with Gasteiger partial charge in [-0.1, -0.05) is 29.3 Å². The van der Waals surface area contributed by atoms with Crippen LogP contribution in [0.5, 0.6) is 0 Å². The number of para-hydroxylation sites is 1. The Hall–Kier alpha value is -1.31.